The molecule has 78 valence electrons. The summed E-state index contributed by atoms with van der Waals surface area (Å²) in [6, 6.07) is 4.02. The van der Waals surface area contributed by atoms with Crippen molar-refractivity contribution in [3.63, 3.8) is 0 Å². The minimum atomic E-state index is -0.871. The van der Waals surface area contributed by atoms with Gasteiger partial charge in [-0.1, -0.05) is 6.07 Å². The number of hydrogen-bond donors (Lipinski definition) is 0. The third-order valence-electron chi connectivity index (χ3n) is 1.89. The van der Waals surface area contributed by atoms with Crippen LogP contribution in [0, 0.1) is 11.6 Å². The number of alkyl halides is 1. The molecule has 0 aliphatic heterocycles. The Morgan fingerprint density at radius 2 is 2.13 bits per heavy atom. The molecule has 0 aliphatic rings. The van der Waals surface area contributed by atoms with Crippen LogP contribution < -0.4 is 0 Å². The van der Waals surface area contributed by atoms with Crippen molar-refractivity contribution >= 4 is 22.9 Å². The minimum absolute atomic E-state index is 0.169. The van der Waals surface area contributed by atoms with Crippen molar-refractivity contribution in [2.24, 2.45) is 0 Å². The molecule has 0 unspecified atom stereocenters. The number of thiazole rings is 1. The molecule has 1 aromatic heterocycles. The summed E-state index contributed by atoms with van der Waals surface area (Å²) in [4.78, 5) is 4.08. The van der Waals surface area contributed by atoms with E-state index in [-0.39, 0.29) is 11.4 Å². The summed E-state index contributed by atoms with van der Waals surface area (Å²) in [6.07, 6.45) is 0. The van der Waals surface area contributed by atoms with Crippen molar-refractivity contribution in [1.29, 1.82) is 0 Å². The normalized spacial score (nSPS) is 10.6. The number of rotatable bonds is 2. The SMILES string of the molecule is Fc1cccc(-c2csc(CCl)n2)c1F. The highest BCUT2D eigenvalue weighted by Crippen LogP contribution is 2.26. The van der Waals surface area contributed by atoms with Crippen LogP contribution in [0.3, 0.4) is 0 Å². The third kappa shape index (κ3) is 2.01. The van der Waals surface area contributed by atoms with Gasteiger partial charge in [0.05, 0.1) is 11.6 Å². The first-order valence-corrected chi connectivity index (χ1v) is 5.58. The molecule has 0 N–H and O–H groups in total. The van der Waals surface area contributed by atoms with Gasteiger partial charge in [0.1, 0.15) is 5.01 Å². The molecular formula is C10H6ClF2NS. The molecule has 5 heteroatoms. The van der Waals surface area contributed by atoms with Gasteiger partial charge < -0.3 is 0 Å². The second-order valence-corrected chi connectivity index (χ2v) is 4.07. The first-order chi connectivity index (χ1) is 7.22. The van der Waals surface area contributed by atoms with Crippen LogP contribution in [0.15, 0.2) is 23.6 Å². The fraction of sp³-hybridized carbons (Fsp3) is 0.100. The van der Waals surface area contributed by atoms with E-state index >= 15 is 0 Å². The van der Waals surface area contributed by atoms with E-state index in [1.165, 1.54) is 23.5 Å². The lowest BCUT2D eigenvalue weighted by Crippen LogP contribution is -1.89. The van der Waals surface area contributed by atoms with E-state index in [9.17, 15) is 8.78 Å². The number of nitrogens with zero attached hydrogens (tertiary/aromatic N) is 1. The summed E-state index contributed by atoms with van der Waals surface area (Å²) in [5.41, 5.74) is 0.593. The zero-order valence-corrected chi connectivity index (χ0v) is 9.08. The van der Waals surface area contributed by atoms with Crippen LogP contribution in [0.1, 0.15) is 5.01 Å². The molecule has 0 amide bonds. The summed E-state index contributed by atoms with van der Waals surface area (Å²) >= 11 is 6.91. The fourth-order valence-electron chi connectivity index (χ4n) is 1.20. The Morgan fingerprint density at radius 1 is 1.33 bits per heavy atom. The smallest absolute Gasteiger partial charge is 0.168 e. The van der Waals surface area contributed by atoms with E-state index in [4.69, 9.17) is 11.6 Å². The number of aromatic nitrogens is 1. The van der Waals surface area contributed by atoms with Gasteiger partial charge in [0, 0.05) is 10.9 Å². The standard InChI is InChI=1S/C10H6ClF2NS/c11-4-9-14-8(5-15-9)6-2-1-3-7(12)10(6)13/h1-3,5H,4H2. The van der Waals surface area contributed by atoms with Crippen LogP contribution in [-0.2, 0) is 5.88 Å². The molecule has 0 bridgehead atoms. The zero-order valence-electron chi connectivity index (χ0n) is 7.51. The summed E-state index contributed by atoms with van der Waals surface area (Å²) in [5.74, 6) is -1.46. The fourth-order valence-corrected chi connectivity index (χ4v) is 2.09. The van der Waals surface area contributed by atoms with E-state index in [2.05, 4.69) is 4.98 Å². The zero-order chi connectivity index (χ0) is 10.8. The van der Waals surface area contributed by atoms with E-state index in [0.29, 0.717) is 10.7 Å². The Balaban J connectivity index is 2.49. The van der Waals surface area contributed by atoms with E-state index in [1.807, 2.05) is 0 Å². The lowest BCUT2D eigenvalue weighted by molar-refractivity contribution is 0.511. The lowest BCUT2D eigenvalue weighted by Gasteiger charge is -1.99. The van der Waals surface area contributed by atoms with E-state index < -0.39 is 11.6 Å². The quantitative estimate of drug-likeness (QED) is 0.733. The maximum absolute atomic E-state index is 13.4. The molecule has 0 fully saturated rings. The summed E-state index contributed by atoms with van der Waals surface area (Å²) in [7, 11) is 0. The van der Waals surface area contributed by atoms with Crippen molar-refractivity contribution in [2.75, 3.05) is 0 Å². The predicted molar refractivity (Wildman–Crippen MR) is 57.0 cm³/mol. The third-order valence-corrected chi connectivity index (χ3v) is 3.15. The molecule has 0 aliphatic carbocycles. The largest absolute Gasteiger partial charge is 0.240 e. The second-order valence-electron chi connectivity index (χ2n) is 2.86. The molecule has 15 heavy (non-hydrogen) atoms. The Bertz CT molecular complexity index is 484. The van der Waals surface area contributed by atoms with Crippen molar-refractivity contribution in [3.8, 4) is 11.3 Å². The highest BCUT2D eigenvalue weighted by Gasteiger charge is 2.12. The first kappa shape index (κ1) is 10.5. The summed E-state index contributed by atoms with van der Waals surface area (Å²) in [6.45, 7) is 0. The highest BCUT2D eigenvalue weighted by atomic mass is 35.5. The summed E-state index contributed by atoms with van der Waals surface area (Å²) < 4.78 is 26.3. The number of halogens is 3. The van der Waals surface area contributed by atoms with E-state index in [1.54, 1.807) is 5.38 Å². The van der Waals surface area contributed by atoms with Gasteiger partial charge >= 0.3 is 0 Å². The van der Waals surface area contributed by atoms with Crippen molar-refractivity contribution in [3.05, 3.63) is 40.2 Å². The molecular weight excluding hydrogens is 240 g/mol. The molecule has 1 nitrogen and oxygen atoms in total. The molecule has 0 saturated carbocycles. The first-order valence-electron chi connectivity index (χ1n) is 4.17. The van der Waals surface area contributed by atoms with Crippen LogP contribution in [0.5, 0.6) is 0 Å². The second kappa shape index (κ2) is 4.24. The Labute approximate surface area is 94.3 Å². The molecule has 0 atom stereocenters. The number of hydrogen-bond acceptors (Lipinski definition) is 2. The van der Waals surface area contributed by atoms with Gasteiger partial charge in [0.2, 0.25) is 0 Å². The van der Waals surface area contributed by atoms with Gasteiger partial charge in [0.25, 0.3) is 0 Å². The molecule has 2 rings (SSSR count). The predicted octanol–water partition coefficient (Wildman–Crippen LogP) is 3.83. The highest BCUT2D eigenvalue weighted by molar-refractivity contribution is 7.10. The monoisotopic (exact) mass is 245 g/mol. The minimum Gasteiger partial charge on any atom is -0.240 e. The Kier molecular flexibility index (Phi) is 2.98. The molecule has 0 spiro atoms. The van der Waals surface area contributed by atoms with Crippen LogP contribution >= 0.6 is 22.9 Å². The van der Waals surface area contributed by atoms with Gasteiger partial charge in [-0.3, -0.25) is 0 Å². The van der Waals surface area contributed by atoms with Crippen LogP contribution in [0.25, 0.3) is 11.3 Å². The Morgan fingerprint density at radius 3 is 2.80 bits per heavy atom. The Hall–Kier alpha value is -1.00. The lowest BCUT2D eigenvalue weighted by atomic mass is 10.1. The van der Waals surface area contributed by atoms with Gasteiger partial charge in [-0.25, -0.2) is 13.8 Å². The van der Waals surface area contributed by atoms with Crippen LogP contribution in [0.4, 0.5) is 8.78 Å². The van der Waals surface area contributed by atoms with Crippen LogP contribution in [0.2, 0.25) is 0 Å². The molecule has 1 aromatic carbocycles. The van der Waals surface area contributed by atoms with Gasteiger partial charge in [-0.05, 0) is 12.1 Å². The van der Waals surface area contributed by atoms with Gasteiger partial charge in [-0.2, -0.15) is 0 Å². The molecule has 2 aromatic rings. The maximum atomic E-state index is 13.4. The number of benzene rings is 1. The molecule has 1 heterocycles. The average Bonchev–Trinajstić information content (AvgIpc) is 2.70. The van der Waals surface area contributed by atoms with Gasteiger partial charge in [-0.15, -0.1) is 22.9 Å². The van der Waals surface area contributed by atoms with Crippen molar-refractivity contribution in [2.45, 2.75) is 5.88 Å². The molecule has 0 radical (unpaired) electrons. The molecule has 0 saturated heterocycles. The van der Waals surface area contributed by atoms with Crippen LogP contribution in [-0.4, -0.2) is 4.98 Å². The maximum Gasteiger partial charge on any atom is 0.168 e. The van der Waals surface area contributed by atoms with E-state index in [0.717, 1.165) is 6.07 Å². The van der Waals surface area contributed by atoms with Gasteiger partial charge in [0.15, 0.2) is 11.6 Å². The topological polar surface area (TPSA) is 12.9 Å². The summed E-state index contributed by atoms with van der Waals surface area (Å²) in [5, 5.41) is 2.35. The average molecular weight is 246 g/mol. The van der Waals surface area contributed by atoms with Crippen molar-refractivity contribution in [1.82, 2.24) is 4.98 Å². The van der Waals surface area contributed by atoms with Crippen molar-refractivity contribution < 1.29 is 8.78 Å².